The summed E-state index contributed by atoms with van der Waals surface area (Å²) in [7, 11) is -3.96. The van der Waals surface area contributed by atoms with Crippen molar-refractivity contribution in [2.45, 2.75) is 84.0 Å². The first-order chi connectivity index (χ1) is 25.8. The maximum atomic E-state index is 14.4. The van der Waals surface area contributed by atoms with Crippen molar-refractivity contribution in [3.8, 4) is 11.9 Å². The van der Waals surface area contributed by atoms with Crippen LogP contribution in [0.25, 0.3) is 11.0 Å². The predicted molar refractivity (Wildman–Crippen MR) is 202 cm³/mol. The number of ether oxygens (including phenoxy) is 2. The first-order valence-corrected chi connectivity index (χ1v) is 19.4. The van der Waals surface area contributed by atoms with Gasteiger partial charge in [-0.3, -0.25) is 4.79 Å². The van der Waals surface area contributed by atoms with Gasteiger partial charge in [0.05, 0.1) is 48.2 Å². The second kappa shape index (κ2) is 15.8. The molecule has 0 saturated heterocycles. The van der Waals surface area contributed by atoms with Crippen molar-refractivity contribution < 1.29 is 27.8 Å². The molecule has 54 heavy (non-hydrogen) atoms. The van der Waals surface area contributed by atoms with Crippen LogP contribution in [0.5, 0.6) is 11.9 Å². The lowest BCUT2D eigenvalue weighted by atomic mass is 9.69. The quantitative estimate of drug-likeness (QED) is 0.156. The van der Waals surface area contributed by atoms with E-state index in [9.17, 15) is 18.3 Å². The van der Waals surface area contributed by atoms with Crippen LogP contribution in [0.2, 0.25) is 0 Å². The lowest BCUT2D eigenvalue weighted by molar-refractivity contribution is -0.124. The standard InChI is InChI=1S/C38H47N9O6S/c1-7-29-20-46(54(50,51)32-10-9-15-40-35(32)53-29)19-26-16-25(12-11-23(26)3)33(30-13-14-31-34(24(30)4)44-45-47(31)8-2)38(5,6)36(49)43-28-17-41-37(42-18-28)52-22-27(39)21-48/h9-18,27,29,33,48H,7-8,19-22,39H2,1-6H3,(H,43,49)/t27?,29-,33?/m1/s1. The van der Waals surface area contributed by atoms with Gasteiger partial charge in [-0.1, -0.05) is 50.3 Å². The zero-order chi connectivity index (χ0) is 38.8. The molecule has 0 bridgehead atoms. The van der Waals surface area contributed by atoms with Crippen LogP contribution in [-0.4, -0.2) is 85.6 Å². The number of carbonyl (C=O) groups is 1. The maximum Gasteiger partial charge on any atom is 0.316 e. The third kappa shape index (κ3) is 7.64. The lowest BCUT2D eigenvalue weighted by Gasteiger charge is -2.35. The van der Waals surface area contributed by atoms with Crippen LogP contribution in [0.3, 0.4) is 0 Å². The Morgan fingerprint density at radius 1 is 1.13 bits per heavy atom. The molecule has 2 unspecified atom stereocenters. The Labute approximate surface area is 315 Å². The van der Waals surface area contributed by atoms with Gasteiger partial charge >= 0.3 is 6.01 Å². The molecule has 1 amide bonds. The lowest BCUT2D eigenvalue weighted by Crippen LogP contribution is -2.38. The first kappa shape index (κ1) is 38.7. The Balaban J connectivity index is 1.39. The molecular weight excluding hydrogens is 711 g/mol. The number of aliphatic hydroxyl groups excluding tert-OH is 1. The molecule has 0 fully saturated rings. The molecule has 1 aliphatic heterocycles. The van der Waals surface area contributed by atoms with E-state index in [-0.39, 0.29) is 55.1 Å². The SMILES string of the molecule is CC[C@@H]1CN(Cc2cc(C(c3ccc4c(nnn4CC)c3C)C(C)(C)C(=O)Nc3cnc(OCC(N)CO)nc3)ccc2C)S(=O)(=O)c2cccnc2O1. The first-order valence-electron chi connectivity index (χ1n) is 17.9. The molecule has 1 aliphatic rings. The molecule has 286 valence electrons. The number of nitrogens with one attached hydrogen (secondary N) is 1. The molecule has 3 atom stereocenters. The number of hydrogen-bond acceptors (Lipinski definition) is 12. The van der Waals surface area contributed by atoms with Crippen molar-refractivity contribution in [1.29, 1.82) is 0 Å². The Morgan fingerprint density at radius 2 is 1.89 bits per heavy atom. The number of hydrogen-bond donors (Lipinski definition) is 3. The van der Waals surface area contributed by atoms with Crippen LogP contribution in [0, 0.1) is 19.3 Å². The van der Waals surface area contributed by atoms with Gasteiger partial charge in [-0.25, -0.2) is 28.1 Å². The summed E-state index contributed by atoms with van der Waals surface area (Å²) in [5, 5.41) is 21.0. The van der Waals surface area contributed by atoms with Gasteiger partial charge in [0.1, 0.15) is 23.1 Å². The molecule has 0 saturated carbocycles. The molecule has 16 heteroatoms. The van der Waals surface area contributed by atoms with Gasteiger partial charge in [0.15, 0.2) is 0 Å². The molecule has 6 rings (SSSR count). The number of anilines is 1. The molecule has 2 aromatic carbocycles. The second-order valence-electron chi connectivity index (χ2n) is 14.1. The highest BCUT2D eigenvalue weighted by atomic mass is 32.2. The molecule has 0 spiro atoms. The van der Waals surface area contributed by atoms with Crippen molar-refractivity contribution in [3.63, 3.8) is 0 Å². The third-order valence-electron chi connectivity index (χ3n) is 10.00. The minimum absolute atomic E-state index is 0.0340. The summed E-state index contributed by atoms with van der Waals surface area (Å²) in [6, 6.07) is 12.6. The number of aromatic nitrogens is 6. The summed E-state index contributed by atoms with van der Waals surface area (Å²) in [5.74, 6) is -0.712. The molecule has 4 heterocycles. The fourth-order valence-electron chi connectivity index (χ4n) is 6.74. The molecule has 5 aromatic rings. The molecule has 0 aliphatic carbocycles. The number of fused-ring (bicyclic) bond motifs is 2. The average molecular weight is 758 g/mol. The fraction of sp³-hybridized carbons (Fsp3) is 0.421. The van der Waals surface area contributed by atoms with Gasteiger partial charge < -0.3 is 25.6 Å². The van der Waals surface area contributed by atoms with Crippen molar-refractivity contribution >= 4 is 32.7 Å². The van der Waals surface area contributed by atoms with E-state index in [2.05, 4.69) is 30.6 Å². The Kier molecular flexibility index (Phi) is 11.3. The zero-order valence-corrected chi connectivity index (χ0v) is 32.2. The number of nitrogens with zero attached hydrogens (tertiary/aromatic N) is 7. The number of benzene rings is 2. The van der Waals surface area contributed by atoms with E-state index in [4.69, 9.17) is 15.2 Å². The van der Waals surface area contributed by atoms with Crippen LogP contribution in [0.4, 0.5) is 5.69 Å². The monoisotopic (exact) mass is 757 g/mol. The van der Waals surface area contributed by atoms with E-state index in [1.165, 1.54) is 29.0 Å². The van der Waals surface area contributed by atoms with Crippen molar-refractivity contribution in [2.24, 2.45) is 11.1 Å². The largest absolute Gasteiger partial charge is 0.472 e. The number of nitrogens with two attached hydrogens (primary N) is 1. The van der Waals surface area contributed by atoms with Crippen LogP contribution in [0.1, 0.15) is 67.9 Å². The highest BCUT2D eigenvalue weighted by Crippen LogP contribution is 2.45. The fourth-order valence-corrected chi connectivity index (χ4v) is 8.26. The Hall–Kier alpha value is -5.03. The predicted octanol–water partition coefficient (Wildman–Crippen LogP) is 4.11. The van der Waals surface area contributed by atoms with E-state index >= 15 is 0 Å². The normalized spacial score (nSPS) is 16.9. The number of amides is 1. The number of carbonyl (C=O) groups excluding carboxylic acids is 1. The van der Waals surface area contributed by atoms with Gasteiger partial charge in [0, 0.05) is 25.2 Å². The number of aliphatic hydroxyl groups is 1. The van der Waals surface area contributed by atoms with Crippen molar-refractivity contribution in [1.82, 2.24) is 34.3 Å². The number of rotatable bonds is 13. The van der Waals surface area contributed by atoms with Gasteiger partial charge in [-0.05, 0) is 73.2 Å². The molecule has 0 radical (unpaired) electrons. The van der Waals surface area contributed by atoms with E-state index in [1.807, 2.05) is 76.6 Å². The minimum Gasteiger partial charge on any atom is -0.472 e. The minimum atomic E-state index is -3.96. The summed E-state index contributed by atoms with van der Waals surface area (Å²) in [5.41, 5.74) is 10.9. The smallest absolute Gasteiger partial charge is 0.316 e. The van der Waals surface area contributed by atoms with Gasteiger partial charge in [0.25, 0.3) is 0 Å². The maximum absolute atomic E-state index is 14.4. The van der Waals surface area contributed by atoms with Gasteiger partial charge in [-0.2, -0.15) is 4.31 Å². The van der Waals surface area contributed by atoms with E-state index < -0.39 is 27.4 Å². The van der Waals surface area contributed by atoms with E-state index in [1.54, 1.807) is 6.07 Å². The number of sulfonamides is 1. The average Bonchev–Trinajstić information content (AvgIpc) is 3.55. The molecular formula is C38H47N9O6S. The topological polar surface area (TPSA) is 201 Å². The van der Waals surface area contributed by atoms with Crippen LogP contribution >= 0.6 is 0 Å². The zero-order valence-electron chi connectivity index (χ0n) is 31.4. The van der Waals surface area contributed by atoms with Crippen molar-refractivity contribution in [3.05, 3.63) is 88.9 Å². The van der Waals surface area contributed by atoms with Crippen molar-refractivity contribution in [2.75, 3.05) is 25.1 Å². The van der Waals surface area contributed by atoms with Crippen LogP contribution in [-0.2, 0) is 27.9 Å². The van der Waals surface area contributed by atoms with E-state index in [0.29, 0.717) is 18.7 Å². The summed E-state index contributed by atoms with van der Waals surface area (Å²) < 4.78 is 42.9. The van der Waals surface area contributed by atoms with Gasteiger partial charge in [-0.15, -0.1) is 5.10 Å². The Morgan fingerprint density at radius 3 is 2.59 bits per heavy atom. The second-order valence-corrected chi connectivity index (χ2v) is 16.0. The van der Waals surface area contributed by atoms with Gasteiger partial charge in [0.2, 0.25) is 21.8 Å². The summed E-state index contributed by atoms with van der Waals surface area (Å²) in [6.45, 7) is 12.3. The third-order valence-corrected chi connectivity index (χ3v) is 11.8. The number of pyridine rings is 1. The van der Waals surface area contributed by atoms with Crippen LogP contribution < -0.4 is 20.5 Å². The molecule has 15 nitrogen and oxygen atoms in total. The summed E-state index contributed by atoms with van der Waals surface area (Å²) in [6.07, 6.45) is 4.63. The highest BCUT2D eigenvalue weighted by molar-refractivity contribution is 7.89. The van der Waals surface area contributed by atoms with Crippen LogP contribution in [0.15, 0.2) is 66.0 Å². The highest BCUT2D eigenvalue weighted by Gasteiger charge is 2.41. The summed E-state index contributed by atoms with van der Waals surface area (Å²) in [4.78, 5) is 27.0. The Bertz CT molecular complexity index is 2240. The number of aryl methyl sites for hydroxylation is 3. The molecule has 4 N–H and O–H groups in total. The summed E-state index contributed by atoms with van der Waals surface area (Å²) >= 11 is 0. The van der Waals surface area contributed by atoms with E-state index in [0.717, 1.165) is 38.9 Å². The molecule has 3 aromatic heterocycles.